The van der Waals surface area contributed by atoms with Gasteiger partial charge in [-0.05, 0) is 31.2 Å². The van der Waals surface area contributed by atoms with Gasteiger partial charge in [0.25, 0.3) is 12.3 Å². The van der Waals surface area contributed by atoms with E-state index in [1.165, 1.54) is 4.88 Å². The number of fused-ring (bicyclic) bond motifs is 1. The lowest BCUT2D eigenvalue weighted by Gasteiger charge is -2.14. The van der Waals surface area contributed by atoms with E-state index >= 15 is 0 Å². The van der Waals surface area contributed by atoms with Crippen molar-refractivity contribution in [2.24, 2.45) is 0 Å². The second kappa shape index (κ2) is 5.75. The van der Waals surface area contributed by atoms with Crippen molar-refractivity contribution in [3.05, 3.63) is 21.4 Å². The van der Waals surface area contributed by atoms with Gasteiger partial charge in [-0.2, -0.15) is 0 Å². The Morgan fingerprint density at radius 1 is 1.44 bits per heavy atom. The summed E-state index contributed by atoms with van der Waals surface area (Å²) in [7, 11) is 0. The van der Waals surface area contributed by atoms with Crippen LogP contribution in [0.15, 0.2) is 5.38 Å². The third-order valence-electron chi connectivity index (χ3n) is 3.07. The molecule has 0 aliphatic heterocycles. The lowest BCUT2D eigenvalue weighted by atomic mass is 9.95. The van der Waals surface area contributed by atoms with Gasteiger partial charge in [-0.3, -0.25) is 4.79 Å². The van der Waals surface area contributed by atoms with Crippen LogP contribution in [0, 0.1) is 0 Å². The van der Waals surface area contributed by atoms with Gasteiger partial charge in [0.05, 0.1) is 5.56 Å². The normalized spacial score (nSPS) is 16.4. The van der Waals surface area contributed by atoms with Crippen molar-refractivity contribution >= 4 is 17.2 Å². The topological polar surface area (TPSA) is 49.3 Å². The molecular weight excluding hydrogens is 260 g/mol. The number of rotatable bonds is 4. The van der Waals surface area contributed by atoms with E-state index in [0.29, 0.717) is 5.56 Å². The van der Waals surface area contributed by atoms with Crippen molar-refractivity contribution in [1.29, 1.82) is 0 Å². The number of hydrogen-bond acceptors (Lipinski definition) is 3. The van der Waals surface area contributed by atoms with Gasteiger partial charge in [-0.15, -0.1) is 11.3 Å². The minimum Gasteiger partial charge on any atom is -0.385 e. The Labute approximate surface area is 108 Å². The van der Waals surface area contributed by atoms with Crippen LogP contribution in [0.25, 0.3) is 0 Å². The number of nitrogens with one attached hydrogen (secondary N) is 1. The molecule has 6 heteroatoms. The minimum absolute atomic E-state index is 0.367. The van der Waals surface area contributed by atoms with E-state index < -0.39 is 19.1 Å². The summed E-state index contributed by atoms with van der Waals surface area (Å²) in [6.45, 7) is -0.416. The molecule has 1 aromatic heterocycles. The summed E-state index contributed by atoms with van der Waals surface area (Å²) in [5.41, 5.74) is 1.63. The molecule has 0 saturated heterocycles. The molecule has 1 heterocycles. The smallest absolute Gasteiger partial charge is 0.265 e. The summed E-state index contributed by atoms with van der Waals surface area (Å²) in [6, 6.07) is 0. The quantitative estimate of drug-likeness (QED) is 0.883. The monoisotopic (exact) mass is 275 g/mol. The maximum atomic E-state index is 12.1. The van der Waals surface area contributed by atoms with Gasteiger partial charge < -0.3 is 10.4 Å². The predicted molar refractivity (Wildman–Crippen MR) is 65.3 cm³/mol. The lowest BCUT2D eigenvalue weighted by Crippen LogP contribution is -2.36. The molecule has 1 aliphatic carbocycles. The Bertz CT molecular complexity index is 434. The predicted octanol–water partition coefficient (Wildman–Crippen LogP) is 1.98. The van der Waals surface area contributed by atoms with Crippen molar-refractivity contribution < 1.29 is 18.7 Å². The molecule has 0 spiro atoms. The van der Waals surface area contributed by atoms with Gasteiger partial charge in [0.15, 0.2) is 0 Å². The van der Waals surface area contributed by atoms with Gasteiger partial charge in [-0.1, -0.05) is 0 Å². The number of alkyl halides is 2. The zero-order chi connectivity index (χ0) is 13.1. The van der Waals surface area contributed by atoms with Crippen LogP contribution < -0.4 is 5.32 Å². The Hall–Kier alpha value is -1.01. The zero-order valence-corrected chi connectivity index (χ0v) is 10.6. The van der Waals surface area contributed by atoms with Crippen LogP contribution in [-0.4, -0.2) is 30.1 Å². The SMILES string of the molecule is O=C(NCC(O)C(F)F)c1csc2c1CCCC2. The second-order valence-corrected chi connectivity index (χ2v) is 5.33. The first-order valence-electron chi connectivity index (χ1n) is 5.93. The Morgan fingerprint density at radius 3 is 2.89 bits per heavy atom. The molecule has 18 heavy (non-hydrogen) atoms. The molecule has 100 valence electrons. The van der Waals surface area contributed by atoms with Crippen molar-refractivity contribution in [2.75, 3.05) is 6.54 Å². The third-order valence-corrected chi connectivity index (χ3v) is 4.16. The highest BCUT2D eigenvalue weighted by Crippen LogP contribution is 2.30. The number of carbonyl (C=O) groups is 1. The van der Waals surface area contributed by atoms with Crippen LogP contribution in [0.5, 0.6) is 0 Å². The molecule has 0 bridgehead atoms. The van der Waals surface area contributed by atoms with E-state index in [9.17, 15) is 13.6 Å². The van der Waals surface area contributed by atoms with Crippen molar-refractivity contribution in [1.82, 2.24) is 5.32 Å². The summed E-state index contributed by atoms with van der Waals surface area (Å²) in [5.74, 6) is -0.367. The largest absolute Gasteiger partial charge is 0.385 e. The molecule has 1 amide bonds. The highest BCUT2D eigenvalue weighted by Gasteiger charge is 2.22. The van der Waals surface area contributed by atoms with Crippen LogP contribution >= 0.6 is 11.3 Å². The van der Waals surface area contributed by atoms with Gasteiger partial charge in [0.2, 0.25) is 0 Å². The molecule has 0 fully saturated rings. The first-order chi connectivity index (χ1) is 8.59. The summed E-state index contributed by atoms with van der Waals surface area (Å²) in [5, 5.41) is 13.1. The maximum Gasteiger partial charge on any atom is 0.265 e. The Balaban J connectivity index is 1.99. The molecule has 0 aromatic carbocycles. The maximum absolute atomic E-state index is 12.1. The summed E-state index contributed by atoms with van der Waals surface area (Å²) < 4.78 is 24.2. The van der Waals surface area contributed by atoms with E-state index in [2.05, 4.69) is 5.32 Å². The Kier molecular flexibility index (Phi) is 4.29. The van der Waals surface area contributed by atoms with Gasteiger partial charge in [0.1, 0.15) is 6.10 Å². The zero-order valence-electron chi connectivity index (χ0n) is 9.79. The van der Waals surface area contributed by atoms with E-state index in [1.54, 1.807) is 16.7 Å². The standard InChI is InChI=1S/C12H15F2NO2S/c13-11(14)9(16)5-15-12(17)8-6-18-10-4-2-1-3-7(8)10/h6,9,11,16H,1-5H2,(H,15,17). The summed E-state index contributed by atoms with van der Waals surface area (Å²) >= 11 is 1.55. The molecule has 1 aromatic rings. The average Bonchev–Trinajstić information content (AvgIpc) is 2.79. The van der Waals surface area contributed by atoms with Crippen molar-refractivity contribution in [3.8, 4) is 0 Å². The number of hydrogen-bond donors (Lipinski definition) is 2. The molecule has 3 nitrogen and oxygen atoms in total. The highest BCUT2D eigenvalue weighted by molar-refractivity contribution is 7.10. The number of aliphatic hydroxyl groups is 1. The average molecular weight is 275 g/mol. The molecule has 1 aliphatic rings. The van der Waals surface area contributed by atoms with Crippen LogP contribution in [-0.2, 0) is 12.8 Å². The fraction of sp³-hybridized carbons (Fsp3) is 0.583. The first-order valence-corrected chi connectivity index (χ1v) is 6.81. The number of aliphatic hydroxyl groups excluding tert-OH is 1. The molecule has 2 N–H and O–H groups in total. The van der Waals surface area contributed by atoms with Gasteiger partial charge in [-0.25, -0.2) is 8.78 Å². The minimum atomic E-state index is -2.83. The van der Waals surface area contributed by atoms with E-state index in [4.69, 9.17) is 5.11 Å². The van der Waals surface area contributed by atoms with Crippen molar-refractivity contribution in [3.63, 3.8) is 0 Å². The van der Waals surface area contributed by atoms with Crippen LogP contribution in [0.3, 0.4) is 0 Å². The first kappa shape index (κ1) is 13.4. The van der Waals surface area contributed by atoms with Gasteiger partial charge in [0, 0.05) is 16.8 Å². The molecule has 1 atom stereocenters. The fourth-order valence-corrected chi connectivity index (χ4v) is 3.19. The van der Waals surface area contributed by atoms with E-state index in [1.807, 2.05) is 0 Å². The van der Waals surface area contributed by atoms with Crippen LogP contribution in [0.4, 0.5) is 8.78 Å². The second-order valence-electron chi connectivity index (χ2n) is 4.37. The Morgan fingerprint density at radius 2 is 2.17 bits per heavy atom. The van der Waals surface area contributed by atoms with E-state index in [0.717, 1.165) is 31.2 Å². The lowest BCUT2D eigenvalue weighted by molar-refractivity contribution is -0.00270. The number of thiophene rings is 1. The van der Waals surface area contributed by atoms with Gasteiger partial charge >= 0.3 is 0 Å². The van der Waals surface area contributed by atoms with Crippen LogP contribution in [0.1, 0.15) is 33.6 Å². The molecule has 0 radical (unpaired) electrons. The summed E-state index contributed by atoms with van der Waals surface area (Å²) in [4.78, 5) is 13.1. The number of carbonyl (C=O) groups excluding carboxylic acids is 1. The molecule has 2 rings (SSSR count). The highest BCUT2D eigenvalue weighted by atomic mass is 32.1. The van der Waals surface area contributed by atoms with E-state index in [-0.39, 0.29) is 5.91 Å². The van der Waals surface area contributed by atoms with Crippen molar-refractivity contribution in [2.45, 2.75) is 38.2 Å². The molecule has 1 unspecified atom stereocenters. The number of halogens is 2. The summed E-state index contributed by atoms with van der Waals surface area (Å²) in [6.07, 6.45) is -0.570. The molecular formula is C12H15F2NO2S. The van der Waals surface area contributed by atoms with Crippen LogP contribution in [0.2, 0.25) is 0 Å². The fourth-order valence-electron chi connectivity index (χ4n) is 2.07. The number of aryl methyl sites for hydroxylation is 1. The number of amides is 1. The molecule has 0 saturated carbocycles. The third kappa shape index (κ3) is 2.87.